The molecule has 1 aromatic heterocycles. The van der Waals surface area contributed by atoms with Crippen LogP contribution in [0.5, 0.6) is 0 Å². The maximum absolute atomic E-state index is 11.1. The molecule has 1 heterocycles. The molecule has 0 saturated carbocycles. The molecule has 90 valence electrons. The Labute approximate surface area is 137 Å². The summed E-state index contributed by atoms with van der Waals surface area (Å²) in [7, 11) is 0. The molecule has 0 spiro atoms. The summed E-state index contributed by atoms with van der Waals surface area (Å²) in [5.41, 5.74) is 6.22. The maximum atomic E-state index is 11.1. The molecule has 0 aliphatic carbocycles. The number of nitrogens with two attached hydrogens (primary N) is 1. The quantitative estimate of drug-likeness (QED) is 0.619. The van der Waals surface area contributed by atoms with Crippen LogP contribution in [-0.2, 0) is 6.54 Å². The fraction of sp³-hybridized carbons (Fsp3) is 0.0833. The molecule has 1 amide bonds. The smallest absolute Gasteiger partial charge is 0.400 e. The largest absolute Gasteiger partial charge is 2.00 e. The number of benzene rings is 1. The van der Waals surface area contributed by atoms with Crippen molar-refractivity contribution in [2.75, 3.05) is 0 Å². The molecule has 2 N–H and O–H groups in total. The van der Waals surface area contributed by atoms with E-state index in [-0.39, 0.29) is 36.8 Å². The summed E-state index contributed by atoms with van der Waals surface area (Å²) in [5.74, 6) is 0.0866. The van der Waals surface area contributed by atoms with Crippen molar-refractivity contribution in [3.05, 3.63) is 47.6 Å². The molecule has 0 aliphatic heterocycles. The van der Waals surface area contributed by atoms with Gasteiger partial charge in [0, 0.05) is 6.20 Å². The first-order valence-corrected chi connectivity index (χ1v) is 5.75. The average Bonchev–Trinajstić information content (AvgIpc) is 2.73. The fourth-order valence-corrected chi connectivity index (χ4v) is 1.85. The zero-order valence-electron chi connectivity index (χ0n) is 9.48. The predicted octanol–water partition coefficient (Wildman–Crippen LogP) is 2.05. The van der Waals surface area contributed by atoms with Crippen molar-refractivity contribution in [3.63, 3.8) is 0 Å². The molecule has 4 nitrogen and oxygen atoms in total. The number of carbonyl (C=O) groups excluding carboxylic acids is 1. The van der Waals surface area contributed by atoms with Gasteiger partial charge in [0.15, 0.2) is 0 Å². The summed E-state index contributed by atoms with van der Waals surface area (Å²) in [5, 5.41) is 0. The number of hydrogen-bond acceptors (Lipinski definition) is 2. The van der Waals surface area contributed by atoms with Gasteiger partial charge in [-0.05, 0) is 0 Å². The van der Waals surface area contributed by atoms with Crippen molar-refractivity contribution in [1.82, 2.24) is 9.55 Å². The van der Waals surface area contributed by atoms with Gasteiger partial charge in [0.25, 0.3) is 5.91 Å². The van der Waals surface area contributed by atoms with E-state index in [1.807, 2.05) is 12.1 Å². The molecular weight excluding hydrogens is 520 g/mol. The van der Waals surface area contributed by atoms with Crippen LogP contribution in [0.3, 0.4) is 0 Å². The molecule has 0 fully saturated rings. The second-order valence-electron chi connectivity index (χ2n) is 3.43. The maximum Gasteiger partial charge on any atom is 2.00 e. The Morgan fingerprint density at radius 2 is 2.33 bits per heavy atom. The van der Waals surface area contributed by atoms with Crippen LogP contribution in [-0.4, -0.2) is 15.5 Å². The minimum Gasteiger partial charge on any atom is -0.400 e. The van der Waals surface area contributed by atoms with Gasteiger partial charge < -0.3 is 17.2 Å². The summed E-state index contributed by atoms with van der Waals surface area (Å²) in [4.78, 5) is 15.3. The van der Waals surface area contributed by atoms with Crippen LogP contribution in [0, 0.1) is 44.1 Å². The van der Waals surface area contributed by atoms with E-state index in [0.29, 0.717) is 12.4 Å². The third kappa shape index (κ3) is 3.25. The first kappa shape index (κ1) is 15.5. The number of imidazole rings is 1. The molecule has 2 rings (SSSR count). The molecule has 0 bridgehead atoms. The first-order chi connectivity index (χ1) is 8.11. The summed E-state index contributed by atoms with van der Waals surface area (Å²) >= 11 is 3.38. The average molecular weight is 530 g/mol. The van der Waals surface area contributed by atoms with E-state index in [2.05, 4.69) is 33.9 Å². The number of aromatic nitrogens is 2. The summed E-state index contributed by atoms with van der Waals surface area (Å²) in [6, 6.07) is 8.59. The van der Waals surface area contributed by atoms with E-state index < -0.39 is 5.91 Å². The van der Waals surface area contributed by atoms with Gasteiger partial charge in [-0.25, -0.2) is 0 Å². The zero-order valence-corrected chi connectivity index (χ0v) is 15.2. The van der Waals surface area contributed by atoms with Crippen molar-refractivity contribution in [2.45, 2.75) is 6.54 Å². The van der Waals surface area contributed by atoms with E-state index in [9.17, 15) is 4.79 Å². The molecule has 0 saturated heterocycles. The van der Waals surface area contributed by atoms with Crippen molar-refractivity contribution in [3.8, 4) is 11.4 Å². The Balaban J connectivity index is 0.00000162. The van der Waals surface area contributed by atoms with Crippen LogP contribution in [0.1, 0.15) is 10.5 Å². The van der Waals surface area contributed by atoms with Crippen molar-refractivity contribution in [1.29, 1.82) is 0 Å². The van der Waals surface area contributed by atoms with Gasteiger partial charge in [-0.1, -0.05) is 20.4 Å². The van der Waals surface area contributed by atoms with E-state index in [4.69, 9.17) is 5.73 Å². The van der Waals surface area contributed by atoms with Crippen molar-refractivity contribution in [2.24, 2.45) is 5.73 Å². The van der Waals surface area contributed by atoms with Gasteiger partial charge in [-0.3, -0.25) is 9.78 Å². The Kier molecular flexibility index (Phi) is 5.64. The van der Waals surface area contributed by atoms with Crippen LogP contribution >= 0.6 is 15.9 Å². The summed E-state index contributed by atoms with van der Waals surface area (Å²) < 4.78 is 2.68. The third-order valence-electron chi connectivity index (χ3n) is 2.27. The number of carbonyl (C=O) groups is 1. The van der Waals surface area contributed by atoms with E-state index in [0.717, 1.165) is 10.0 Å². The van der Waals surface area contributed by atoms with Crippen molar-refractivity contribution < 1.29 is 35.9 Å². The second kappa shape index (κ2) is 6.56. The topological polar surface area (TPSA) is 60.9 Å². The standard InChI is InChI=1S/C12H10BrN3O.U/c1-2-16-7-10(11(14)17)15-12(16)8-4-3-5-9(13)6-8;/h3,5-7H,1-2H2,(H2,14,17);/q-2;+2. The zero-order chi connectivity index (χ0) is 12.4. The van der Waals surface area contributed by atoms with Crippen LogP contribution < -0.4 is 5.73 Å². The molecule has 0 unspecified atom stereocenters. The van der Waals surface area contributed by atoms with Gasteiger partial charge in [0.1, 0.15) is 5.69 Å². The molecule has 6 heteroatoms. The monoisotopic (exact) mass is 529 g/mol. The molecule has 1 aromatic carbocycles. The Morgan fingerprint density at radius 1 is 1.61 bits per heavy atom. The second-order valence-corrected chi connectivity index (χ2v) is 4.34. The molecule has 0 aliphatic rings. The Bertz CT molecular complexity index is 568. The fourth-order valence-electron chi connectivity index (χ4n) is 1.49. The van der Waals surface area contributed by atoms with Crippen LogP contribution in [0.4, 0.5) is 0 Å². The molecule has 2 aromatic rings. The van der Waals surface area contributed by atoms with Gasteiger partial charge in [0.2, 0.25) is 0 Å². The van der Waals surface area contributed by atoms with E-state index in [1.165, 1.54) is 0 Å². The van der Waals surface area contributed by atoms with Crippen molar-refractivity contribution >= 4 is 21.8 Å². The summed E-state index contributed by atoms with van der Waals surface area (Å²) in [6.45, 7) is 4.25. The molecule has 0 radical (unpaired) electrons. The number of halogens is 1. The van der Waals surface area contributed by atoms with Crippen LogP contribution in [0.2, 0.25) is 0 Å². The Morgan fingerprint density at radius 3 is 2.89 bits per heavy atom. The molecule has 18 heavy (non-hydrogen) atoms. The third-order valence-corrected chi connectivity index (χ3v) is 2.77. The van der Waals surface area contributed by atoms with Gasteiger partial charge in [-0.15, -0.1) is 36.4 Å². The number of rotatable bonds is 3. The van der Waals surface area contributed by atoms with Crippen LogP contribution in [0.15, 0.2) is 28.9 Å². The summed E-state index contributed by atoms with van der Waals surface area (Å²) in [6.07, 6.45) is 1.60. The SMILES string of the molecule is [CH2-]Cn1cc(C(N)=O)nc1-c1[c-]ccc(Br)c1.[U+2]. The number of primary amides is 1. The predicted molar refractivity (Wildman–Crippen MR) is 68.1 cm³/mol. The number of amides is 1. The number of hydrogen-bond donors (Lipinski definition) is 1. The normalized spacial score (nSPS) is 9.89. The first-order valence-electron chi connectivity index (χ1n) is 4.95. The number of nitrogens with zero attached hydrogens (tertiary/aromatic N) is 2. The van der Waals surface area contributed by atoms with Gasteiger partial charge in [-0.2, -0.15) is 0 Å². The Hall–Kier alpha value is -0.568. The minimum absolute atomic E-state index is 0. The van der Waals surface area contributed by atoms with Crippen LogP contribution in [0.25, 0.3) is 11.4 Å². The van der Waals surface area contributed by atoms with Gasteiger partial charge >= 0.3 is 31.1 Å². The van der Waals surface area contributed by atoms with E-state index >= 15 is 0 Å². The van der Waals surface area contributed by atoms with Gasteiger partial charge in [0.05, 0.1) is 5.82 Å². The molecule has 0 atom stereocenters. The minimum atomic E-state index is -0.548. The van der Waals surface area contributed by atoms with E-state index in [1.54, 1.807) is 16.8 Å². The molecular formula is C12H10BrN3OU.